The normalized spacial score (nSPS) is 34.8. The highest BCUT2D eigenvalue weighted by Gasteiger charge is 2.53. The molecular weight excluding hydrogens is 328 g/mol. The van der Waals surface area contributed by atoms with Gasteiger partial charge in [0, 0.05) is 16.9 Å². The van der Waals surface area contributed by atoms with Crippen molar-refractivity contribution in [1.29, 1.82) is 0 Å². The molecule has 4 bridgehead atoms. The topological polar surface area (TPSA) is 95.4 Å². The Morgan fingerprint density at radius 2 is 1.75 bits per heavy atom. The molecule has 0 radical (unpaired) electrons. The average molecular weight is 348 g/mol. The van der Waals surface area contributed by atoms with Crippen molar-refractivity contribution in [1.82, 2.24) is 5.16 Å². The van der Waals surface area contributed by atoms with Crippen molar-refractivity contribution in [2.75, 3.05) is 0 Å². The minimum absolute atomic E-state index is 0.141. The predicted octanol–water partition coefficient (Wildman–Crippen LogP) is 2.88. The summed E-state index contributed by atoms with van der Waals surface area (Å²) >= 11 is 0. The molecular formula is C17H20N2O4S. The molecule has 0 atom stereocenters. The second-order valence-electron chi connectivity index (χ2n) is 7.96. The molecule has 4 aliphatic carbocycles. The summed E-state index contributed by atoms with van der Waals surface area (Å²) in [5, 5.41) is 10.3. The van der Waals surface area contributed by atoms with Crippen LogP contribution >= 0.6 is 0 Å². The molecule has 1 aromatic carbocycles. The molecule has 1 heterocycles. The highest BCUT2D eigenvalue weighted by molar-refractivity contribution is 7.84. The van der Waals surface area contributed by atoms with Crippen LogP contribution in [0.3, 0.4) is 0 Å². The fourth-order valence-electron chi connectivity index (χ4n) is 5.89. The number of hydrogen-bond acceptors (Lipinski definition) is 5. The monoisotopic (exact) mass is 348 g/mol. The summed E-state index contributed by atoms with van der Waals surface area (Å²) in [6.07, 6.45) is 7.74. The first-order valence-electron chi connectivity index (χ1n) is 8.52. The molecule has 2 N–H and O–H groups in total. The number of nitrogens with zero attached hydrogens (tertiary/aromatic N) is 1. The lowest BCUT2D eigenvalue weighted by Gasteiger charge is -2.56. The molecule has 128 valence electrons. The van der Waals surface area contributed by atoms with E-state index in [0.717, 1.165) is 28.8 Å². The first-order valence-corrected chi connectivity index (χ1v) is 9.99. The molecule has 0 amide bonds. The molecule has 0 saturated heterocycles. The zero-order chi connectivity index (χ0) is 16.5. The van der Waals surface area contributed by atoms with Gasteiger partial charge in [-0.3, -0.25) is 0 Å². The van der Waals surface area contributed by atoms with Gasteiger partial charge in [0.05, 0.1) is 5.69 Å². The van der Waals surface area contributed by atoms with E-state index in [9.17, 15) is 8.42 Å². The van der Waals surface area contributed by atoms with Gasteiger partial charge in [-0.15, -0.1) is 0 Å². The van der Waals surface area contributed by atoms with Gasteiger partial charge in [-0.25, -0.2) is 0 Å². The number of fused-ring (bicyclic) bond motifs is 1. The molecule has 4 aliphatic rings. The Morgan fingerprint density at radius 1 is 1.12 bits per heavy atom. The summed E-state index contributed by atoms with van der Waals surface area (Å²) in [6, 6.07) is 5.02. The number of aromatic nitrogens is 1. The van der Waals surface area contributed by atoms with Crippen molar-refractivity contribution in [3.63, 3.8) is 0 Å². The molecule has 1 aromatic heterocycles. The second kappa shape index (κ2) is 4.73. The van der Waals surface area contributed by atoms with Crippen molar-refractivity contribution >= 4 is 21.3 Å². The fraction of sp³-hybridized carbons (Fsp3) is 0.588. The zero-order valence-electron chi connectivity index (χ0n) is 13.3. The molecule has 0 spiro atoms. The third-order valence-electron chi connectivity index (χ3n) is 6.20. The number of rotatable bonds is 3. The van der Waals surface area contributed by atoms with E-state index >= 15 is 0 Å². The van der Waals surface area contributed by atoms with Crippen LogP contribution in [-0.4, -0.2) is 13.6 Å². The molecule has 2 aromatic rings. The second-order valence-corrected chi connectivity index (χ2v) is 9.12. The SMILES string of the molecule is NS(=O)(=O)Oc1ccc2c(C34CC5CC(CC(C5)C3)C4)noc2c1. The largest absolute Gasteiger partial charge is 0.380 e. The van der Waals surface area contributed by atoms with Crippen LogP contribution in [0.4, 0.5) is 0 Å². The Labute approximate surface area is 140 Å². The fourth-order valence-corrected chi connectivity index (χ4v) is 6.26. The first-order chi connectivity index (χ1) is 11.4. The zero-order valence-corrected chi connectivity index (χ0v) is 14.1. The maximum Gasteiger partial charge on any atom is 0.380 e. The molecule has 6 rings (SSSR count). The first kappa shape index (κ1) is 14.7. The van der Waals surface area contributed by atoms with E-state index in [1.54, 1.807) is 12.1 Å². The summed E-state index contributed by atoms with van der Waals surface area (Å²) in [5.41, 5.74) is 1.75. The summed E-state index contributed by atoms with van der Waals surface area (Å²) in [5.74, 6) is 2.63. The number of nitrogens with two attached hydrogens (primary N) is 1. The van der Waals surface area contributed by atoms with Crippen LogP contribution in [0.5, 0.6) is 5.75 Å². The summed E-state index contributed by atoms with van der Waals surface area (Å²) in [7, 11) is -4.04. The van der Waals surface area contributed by atoms with Crippen molar-refractivity contribution < 1.29 is 17.1 Å². The molecule has 7 heteroatoms. The number of benzene rings is 1. The highest BCUT2D eigenvalue weighted by Crippen LogP contribution is 2.61. The Morgan fingerprint density at radius 3 is 2.33 bits per heavy atom. The lowest BCUT2D eigenvalue weighted by Crippen LogP contribution is -2.48. The molecule has 0 aliphatic heterocycles. The van der Waals surface area contributed by atoms with Gasteiger partial charge in [0.2, 0.25) is 0 Å². The smallest absolute Gasteiger partial charge is 0.371 e. The number of hydrogen-bond donors (Lipinski definition) is 1. The van der Waals surface area contributed by atoms with Gasteiger partial charge in [0.25, 0.3) is 0 Å². The van der Waals surface area contributed by atoms with E-state index in [1.165, 1.54) is 38.5 Å². The van der Waals surface area contributed by atoms with Gasteiger partial charge in [-0.2, -0.15) is 13.6 Å². The molecule has 24 heavy (non-hydrogen) atoms. The van der Waals surface area contributed by atoms with Crippen molar-refractivity contribution in [2.45, 2.75) is 43.9 Å². The third kappa shape index (κ3) is 2.25. The van der Waals surface area contributed by atoms with Gasteiger partial charge in [-0.1, -0.05) is 5.16 Å². The van der Waals surface area contributed by atoms with Crippen molar-refractivity contribution in [3.8, 4) is 5.75 Å². The predicted molar refractivity (Wildman–Crippen MR) is 87.6 cm³/mol. The summed E-state index contributed by atoms with van der Waals surface area (Å²) in [4.78, 5) is 0. The highest BCUT2D eigenvalue weighted by atomic mass is 32.2. The maximum atomic E-state index is 11.1. The standard InChI is InChI=1S/C17H20N2O4S/c18-24(20,21)23-13-1-2-14-15(6-13)22-19-16(14)17-7-10-3-11(8-17)5-12(4-10)9-17/h1-2,6,10-12H,3-5,7-9H2,(H2,18,20,21). The van der Waals surface area contributed by atoms with Crippen LogP contribution in [0.25, 0.3) is 11.0 Å². The molecule has 4 fully saturated rings. The van der Waals surface area contributed by atoms with Gasteiger partial charge in [0.15, 0.2) is 5.58 Å². The van der Waals surface area contributed by atoms with Crippen LogP contribution < -0.4 is 9.32 Å². The third-order valence-corrected chi connectivity index (χ3v) is 6.62. The van der Waals surface area contributed by atoms with Gasteiger partial charge < -0.3 is 8.71 Å². The van der Waals surface area contributed by atoms with E-state index in [0.29, 0.717) is 5.58 Å². The summed E-state index contributed by atoms with van der Waals surface area (Å²) in [6.45, 7) is 0. The quantitative estimate of drug-likeness (QED) is 0.920. The minimum atomic E-state index is -4.04. The van der Waals surface area contributed by atoms with Crippen LogP contribution in [0.1, 0.15) is 44.2 Å². The van der Waals surface area contributed by atoms with Gasteiger partial charge >= 0.3 is 10.3 Å². The van der Waals surface area contributed by atoms with E-state index in [1.807, 2.05) is 6.07 Å². The van der Waals surface area contributed by atoms with Gasteiger partial charge in [-0.05, 0) is 68.4 Å². The van der Waals surface area contributed by atoms with Crippen LogP contribution in [0, 0.1) is 17.8 Å². The Hall–Kier alpha value is -1.60. The molecule has 0 unspecified atom stereocenters. The van der Waals surface area contributed by atoms with E-state index < -0.39 is 10.3 Å². The molecule has 6 nitrogen and oxygen atoms in total. The van der Waals surface area contributed by atoms with E-state index in [4.69, 9.17) is 13.8 Å². The Bertz CT molecular complexity index is 883. The van der Waals surface area contributed by atoms with Crippen LogP contribution in [0.15, 0.2) is 22.7 Å². The lowest BCUT2D eigenvalue weighted by molar-refractivity contribution is -0.00781. The summed E-state index contributed by atoms with van der Waals surface area (Å²) < 4.78 is 32.4. The van der Waals surface area contributed by atoms with E-state index in [-0.39, 0.29) is 11.2 Å². The van der Waals surface area contributed by atoms with E-state index in [2.05, 4.69) is 5.16 Å². The van der Waals surface area contributed by atoms with Crippen LogP contribution in [-0.2, 0) is 15.7 Å². The Kier molecular flexibility index (Phi) is 2.90. The van der Waals surface area contributed by atoms with Crippen molar-refractivity contribution in [3.05, 3.63) is 23.9 Å². The van der Waals surface area contributed by atoms with Gasteiger partial charge in [0.1, 0.15) is 5.75 Å². The Balaban J connectivity index is 1.56. The van der Waals surface area contributed by atoms with Crippen molar-refractivity contribution in [2.24, 2.45) is 22.9 Å². The minimum Gasteiger partial charge on any atom is -0.371 e. The maximum absolute atomic E-state index is 11.1. The molecule has 4 saturated carbocycles. The lowest BCUT2D eigenvalue weighted by atomic mass is 9.48. The average Bonchev–Trinajstić information content (AvgIpc) is 2.87. The van der Waals surface area contributed by atoms with Crippen LogP contribution in [0.2, 0.25) is 0 Å².